The molecule has 0 bridgehead atoms. The minimum Gasteiger partial charge on any atom is -0.361 e. The highest BCUT2D eigenvalue weighted by molar-refractivity contribution is 5.99. The van der Waals surface area contributed by atoms with E-state index in [1.54, 1.807) is 0 Å². The molecule has 2 aliphatic rings. The van der Waals surface area contributed by atoms with Gasteiger partial charge in [-0.1, -0.05) is 48.5 Å². The fraction of sp³-hybridized carbons (Fsp3) is 0.346. The standard InChI is InChI=1S/C26H29N3O/c1-3-28(4-2)26(30)20-13-22-21-11-8-12-23-25(21)19(15-27-23)14-24(22)29(17-20)16-18-9-6-5-7-10-18/h5-13,15,20,24,27H,3-4,14,16-17H2,1-2H3. The average Bonchev–Trinajstić information content (AvgIpc) is 3.20. The minimum absolute atomic E-state index is 0.101. The number of fused-ring (bicyclic) bond motifs is 2. The maximum Gasteiger partial charge on any atom is 0.230 e. The fourth-order valence-corrected chi connectivity index (χ4v) is 5.24. The highest BCUT2D eigenvalue weighted by atomic mass is 16.2. The van der Waals surface area contributed by atoms with Gasteiger partial charge in [0.2, 0.25) is 5.91 Å². The molecule has 5 rings (SSSR count). The van der Waals surface area contributed by atoms with E-state index in [2.05, 4.69) is 84.5 Å². The predicted octanol–water partition coefficient (Wildman–Crippen LogP) is 4.48. The third kappa shape index (κ3) is 3.16. The maximum atomic E-state index is 13.3. The van der Waals surface area contributed by atoms with E-state index < -0.39 is 0 Å². The second-order valence-corrected chi connectivity index (χ2v) is 8.42. The summed E-state index contributed by atoms with van der Waals surface area (Å²) in [5.74, 6) is 0.145. The van der Waals surface area contributed by atoms with Crippen LogP contribution in [0.25, 0.3) is 16.5 Å². The normalized spacial score (nSPS) is 20.7. The Morgan fingerprint density at radius 3 is 2.67 bits per heavy atom. The molecule has 0 fully saturated rings. The molecule has 1 aromatic heterocycles. The molecule has 1 amide bonds. The van der Waals surface area contributed by atoms with Crippen LogP contribution in [-0.2, 0) is 17.8 Å². The summed E-state index contributed by atoms with van der Waals surface area (Å²) in [4.78, 5) is 21.2. The summed E-state index contributed by atoms with van der Waals surface area (Å²) in [5.41, 5.74) is 6.48. The van der Waals surface area contributed by atoms with Gasteiger partial charge in [-0.3, -0.25) is 9.69 Å². The van der Waals surface area contributed by atoms with E-state index >= 15 is 0 Å². The van der Waals surface area contributed by atoms with Crippen LogP contribution >= 0.6 is 0 Å². The van der Waals surface area contributed by atoms with Crippen LogP contribution in [0.15, 0.2) is 60.8 Å². The number of benzene rings is 2. The average molecular weight is 400 g/mol. The van der Waals surface area contributed by atoms with Crippen LogP contribution in [0.2, 0.25) is 0 Å². The number of hydrogen-bond acceptors (Lipinski definition) is 2. The Morgan fingerprint density at radius 1 is 1.10 bits per heavy atom. The van der Waals surface area contributed by atoms with Crippen LogP contribution in [-0.4, -0.2) is 46.4 Å². The van der Waals surface area contributed by atoms with Gasteiger partial charge in [-0.15, -0.1) is 0 Å². The van der Waals surface area contributed by atoms with Gasteiger partial charge in [0, 0.05) is 49.3 Å². The van der Waals surface area contributed by atoms with Crippen molar-refractivity contribution in [3.63, 3.8) is 0 Å². The number of aromatic nitrogens is 1. The van der Waals surface area contributed by atoms with Gasteiger partial charge in [0.1, 0.15) is 0 Å². The molecule has 2 unspecified atom stereocenters. The summed E-state index contributed by atoms with van der Waals surface area (Å²) >= 11 is 0. The van der Waals surface area contributed by atoms with Crippen molar-refractivity contribution in [1.82, 2.24) is 14.8 Å². The summed E-state index contributed by atoms with van der Waals surface area (Å²) in [7, 11) is 0. The first-order chi connectivity index (χ1) is 14.7. The van der Waals surface area contributed by atoms with Crippen LogP contribution < -0.4 is 0 Å². The molecule has 4 heteroatoms. The number of nitrogens with zero attached hydrogens (tertiary/aromatic N) is 2. The smallest absolute Gasteiger partial charge is 0.230 e. The summed E-state index contributed by atoms with van der Waals surface area (Å²) < 4.78 is 0. The van der Waals surface area contributed by atoms with Crippen molar-refractivity contribution < 1.29 is 4.79 Å². The Kier molecular flexibility index (Phi) is 4.95. The van der Waals surface area contributed by atoms with Crippen LogP contribution in [0.1, 0.15) is 30.5 Å². The Hall–Kier alpha value is -2.85. The highest BCUT2D eigenvalue weighted by Crippen LogP contribution is 2.41. The summed E-state index contributed by atoms with van der Waals surface area (Å²) in [6.07, 6.45) is 5.43. The topological polar surface area (TPSA) is 39.3 Å². The second kappa shape index (κ2) is 7.77. The van der Waals surface area contributed by atoms with Gasteiger partial charge in [0.25, 0.3) is 0 Å². The van der Waals surface area contributed by atoms with Gasteiger partial charge in [0.05, 0.1) is 5.92 Å². The summed E-state index contributed by atoms with van der Waals surface area (Å²) in [6, 6.07) is 17.4. The lowest BCUT2D eigenvalue weighted by molar-refractivity contribution is -0.134. The second-order valence-electron chi connectivity index (χ2n) is 8.42. The van der Waals surface area contributed by atoms with Gasteiger partial charge < -0.3 is 9.88 Å². The van der Waals surface area contributed by atoms with E-state index in [9.17, 15) is 4.79 Å². The lowest BCUT2D eigenvalue weighted by atomic mass is 9.79. The first-order valence-corrected chi connectivity index (χ1v) is 11.1. The fourth-order valence-electron chi connectivity index (χ4n) is 5.24. The van der Waals surface area contributed by atoms with Crippen molar-refractivity contribution in [2.24, 2.45) is 5.92 Å². The van der Waals surface area contributed by atoms with Crippen molar-refractivity contribution in [3.05, 3.63) is 77.5 Å². The molecule has 3 aromatic rings. The molecule has 0 saturated heterocycles. The van der Waals surface area contributed by atoms with Gasteiger partial charge in [-0.2, -0.15) is 0 Å². The van der Waals surface area contributed by atoms with Gasteiger partial charge in [0.15, 0.2) is 0 Å². The number of aromatic amines is 1. The van der Waals surface area contributed by atoms with Gasteiger partial charge in [-0.05, 0) is 48.6 Å². The molecule has 2 atom stereocenters. The van der Waals surface area contributed by atoms with E-state index in [1.165, 1.54) is 33.2 Å². The van der Waals surface area contributed by atoms with Crippen LogP contribution in [0.3, 0.4) is 0 Å². The SMILES string of the molecule is CCN(CC)C(=O)C1C=C2c3cccc4[nH]cc(c34)CC2N(Cc2ccccc2)C1. The Labute approximate surface area is 178 Å². The number of nitrogens with one attached hydrogen (secondary N) is 1. The summed E-state index contributed by atoms with van der Waals surface area (Å²) in [5, 5.41) is 1.33. The van der Waals surface area contributed by atoms with E-state index in [0.717, 1.165) is 32.6 Å². The summed E-state index contributed by atoms with van der Waals surface area (Å²) in [6.45, 7) is 7.28. The molecule has 0 saturated carbocycles. The Bertz CT molecular complexity index is 1090. The third-order valence-electron chi connectivity index (χ3n) is 6.74. The molecular formula is C26H29N3O. The molecule has 2 heterocycles. The van der Waals surface area contributed by atoms with Crippen molar-refractivity contribution in [1.29, 1.82) is 0 Å². The number of carbonyl (C=O) groups excluding carboxylic acids is 1. The quantitative estimate of drug-likeness (QED) is 0.687. The largest absolute Gasteiger partial charge is 0.361 e. The molecule has 1 N–H and O–H groups in total. The lowest BCUT2D eigenvalue weighted by Gasteiger charge is -2.42. The zero-order valence-electron chi connectivity index (χ0n) is 17.8. The zero-order valence-corrected chi connectivity index (χ0v) is 17.8. The van der Waals surface area contributed by atoms with E-state index in [0.29, 0.717) is 6.04 Å². The van der Waals surface area contributed by atoms with Crippen LogP contribution in [0.5, 0.6) is 0 Å². The Morgan fingerprint density at radius 2 is 1.90 bits per heavy atom. The molecule has 154 valence electrons. The zero-order chi connectivity index (χ0) is 20.7. The lowest BCUT2D eigenvalue weighted by Crippen LogP contribution is -2.48. The third-order valence-corrected chi connectivity index (χ3v) is 6.74. The maximum absolute atomic E-state index is 13.3. The van der Waals surface area contributed by atoms with E-state index in [1.807, 2.05) is 4.90 Å². The van der Waals surface area contributed by atoms with Crippen molar-refractivity contribution in [2.75, 3.05) is 19.6 Å². The molecule has 1 aliphatic heterocycles. The number of hydrogen-bond donors (Lipinski definition) is 1. The van der Waals surface area contributed by atoms with Gasteiger partial charge in [-0.25, -0.2) is 0 Å². The van der Waals surface area contributed by atoms with E-state index in [4.69, 9.17) is 0 Å². The van der Waals surface area contributed by atoms with Crippen molar-refractivity contribution in [3.8, 4) is 0 Å². The molecule has 1 aliphatic carbocycles. The Balaban J connectivity index is 1.58. The van der Waals surface area contributed by atoms with Gasteiger partial charge >= 0.3 is 0 Å². The predicted molar refractivity (Wildman–Crippen MR) is 122 cm³/mol. The number of carbonyl (C=O) groups is 1. The van der Waals surface area contributed by atoms with Crippen LogP contribution in [0.4, 0.5) is 0 Å². The highest BCUT2D eigenvalue weighted by Gasteiger charge is 2.38. The number of rotatable bonds is 5. The first-order valence-electron chi connectivity index (χ1n) is 11.1. The molecule has 30 heavy (non-hydrogen) atoms. The molecule has 0 radical (unpaired) electrons. The molecular weight excluding hydrogens is 370 g/mol. The number of amides is 1. The minimum atomic E-state index is -0.101. The molecule has 2 aromatic carbocycles. The molecule has 4 nitrogen and oxygen atoms in total. The van der Waals surface area contributed by atoms with Crippen molar-refractivity contribution >= 4 is 22.4 Å². The van der Waals surface area contributed by atoms with Crippen molar-refractivity contribution in [2.45, 2.75) is 32.9 Å². The van der Waals surface area contributed by atoms with E-state index in [-0.39, 0.29) is 11.8 Å². The first kappa shape index (κ1) is 19.1. The number of H-pyrrole nitrogens is 1. The monoisotopic (exact) mass is 399 g/mol. The molecule has 0 spiro atoms. The van der Waals surface area contributed by atoms with Crippen LogP contribution in [0, 0.1) is 5.92 Å².